The van der Waals surface area contributed by atoms with Crippen LogP contribution in [0.5, 0.6) is 0 Å². The van der Waals surface area contributed by atoms with Crippen molar-refractivity contribution in [2.24, 2.45) is 0 Å². The van der Waals surface area contributed by atoms with Gasteiger partial charge >= 0.3 is 41.5 Å². The van der Waals surface area contributed by atoms with E-state index in [1.165, 1.54) is 133 Å². The molecule has 0 fully saturated rings. The summed E-state index contributed by atoms with van der Waals surface area (Å²) < 4.78 is 13.1. The van der Waals surface area contributed by atoms with Crippen LogP contribution in [0.3, 0.4) is 0 Å². The van der Waals surface area contributed by atoms with Gasteiger partial charge in [-0.25, -0.2) is 19.6 Å². The van der Waals surface area contributed by atoms with Gasteiger partial charge in [0, 0.05) is 113 Å². The maximum Gasteiger partial charge on any atom is 2.00 e. The molecule has 0 atom stereocenters. The van der Waals surface area contributed by atoms with Gasteiger partial charge < -0.3 is 23.8 Å². The Kier molecular flexibility index (Phi) is 19.5. The molecule has 17 heteroatoms. The molecule has 0 spiro atoms. The molecule has 9 aromatic heterocycles. The van der Waals surface area contributed by atoms with Crippen molar-refractivity contribution in [3.63, 3.8) is 0 Å². The largest absolute Gasteiger partial charge is 2.00 e. The molecule has 6 aliphatic rings. The zero-order valence-electron chi connectivity index (χ0n) is 80.0. The Morgan fingerprint density at radius 2 is 0.577 bits per heavy atom. The maximum atomic E-state index is 5.01. The fraction of sp³-hybridized carbons (Fsp3) is 0.200. The molecule has 0 unspecified atom stereocenters. The van der Waals surface area contributed by atoms with Gasteiger partial charge in [0.15, 0.2) is 0 Å². The molecule has 0 saturated heterocycles. The van der Waals surface area contributed by atoms with Crippen LogP contribution >= 0.6 is 0 Å². The van der Waals surface area contributed by atoms with Crippen molar-refractivity contribution < 1.29 is 41.5 Å². The van der Waals surface area contributed by atoms with Crippen LogP contribution in [0.4, 0.5) is 51.2 Å². The molecule has 21 aromatic rings. The first kappa shape index (κ1) is 87.0. The monoisotopic (exact) mass is 2050 g/mol. The zero-order valence-corrected chi connectivity index (χ0v) is 83.8. The van der Waals surface area contributed by atoms with Crippen LogP contribution in [0, 0.1) is 65.8 Å². The van der Waals surface area contributed by atoms with Crippen molar-refractivity contribution in [2.75, 3.05) is 14.7 Å². The van der Waals surface area contributed by atoms with E-state index < -0.39 is 0 Å². The number of rotatable bonds is 6. The Hall–Kier alpha value is -14.1. The maximum absolute atomic E-state index is 5.01. The molecule has 0 bridgehead atoms. The molecule has 676 valence electrons. The molecule has 15 nitrogen and oxygen atoms in total. The molecule has 0 saturated carbocycles. The van der Waals surface area contributed by atoms with Gasteiger partial charge in [-0.2, -0.15) is 39.6 Å². The number of hydrogen-bond acceptors (Lipinski definition) is 9. The number of benzene rings is 12. The van der Waals surface area contributed by atoms with Crippen molar-refractivity contribution >= 4 is 117 Å². The van der Waals surface area contributed by atoms with Crippen LogP contribution in [0.2, 0.25) is 0 Å². The second-order valence-electron chi connectivity index (χ2n) is 40.9. The number of nitrogens with zero attached hydrogens (tertiary/aromatic N) is 15. The Morgan fingerprint density at radius 3 is 1.00 bits per heavy atom. The molecule has 0 amide bonds. The van der Waals surface area contributed by atoms with E-state index in [9.17, 15) is 0 Å². The number of aromatic nitrogens is 12. The van der Waals surface area contributed by atoms with Gasteiger partial charge in [0.1, 0.15) is 17.5 Å². The molecule has 137 heavy (non-hydrogen) atoms. The van der Waals surface area contributed by atoms with Crippen molar-refractivity contribution in [3.8, 4) is 34.5 Å². The molecule has 27 rings (SSSR count). The second-order valence-corrected chi connectivity index (χ2v) is 40.9. The minimum atomic E-state index is -0.248. The smallest absolute Gasteiger partial charge is 0.358 e. The van der Waals surface area contributed by atoms with Gasteiger partial charge in [-0.15, -0.1) is 70.4 Å². The summed E-state index contributed by atoms with van der Waals surface area (Å²) in [4.78, 5) is 22.1. The molecule has 12 aromatic carbocycles. The summed E-state index contributed by atoms with van der Waals surface area (Å²) in [6, 6.07) is 112. The molecular formula is C120H101N15PdPt. The summed E-state index contributed by atoms with van der Waals surface area (Å²) in [5.41, 5.74) is 40.0. The van der Waals surface area contributed by atoms with Gasteiger partial charge in [-0.3, -0.25) is 13.9 Å². The minimum absolute atomic E-state index is 0. The average Bonchev–Trinajstić information content (AvgIpc) is 1.54. The molecule has 6 aliphatic heterocycles. The van der Waals surface area contributed by atoms with Gasteiger partial charge in [-0.05, 0) is 198 Å². The fourth-order valence-electron chi connectivity index (χ4n) is 23.9. The Bertz CT molecular complexity index is 7910. The molecule has 15 heterocycles. The number of hydrogen-bond donors (Lipinski definition) is 0. The van der Waals surface area contributed by atoms with Gasteiger partial charge in [0.2, 0.25) is 0 Å². The van der Waals surface area contributed by atoms with Crippen molar-refractivity contribution in [1.82, 2.24) is 58.0 Å². The van der Waals surface area contributed by atoms with E-state index in [1.807, 2.05) is 53.4 Å². The van der Waals surface area contributed by atoms with E-state index in [0.717, 1.165) is 120 Å². The third-order valence-corrected chi connectivity index (χ3v) is 30.5. The van der Waals surface area contributed by atoms with Crippen LogP contribution < -0.4 is 14.7 Å². The predicted molar refractivity (Wildman–Crippen MR) is 548 cm³/mol. The summed E-state index contributed by atoms with van der Waals surface area (Å²) in [5, 5.41) is 21.8. The van der Waals surface area contributed by atoms with Crippen molar-refractivity contribution in [1.29, 1.82) is 0 Å². The number of para-hydroxylation sites is 6. The summed E-state index contributed by atoms with van der Waals surface area (Å²) in [6.45, 7) is 40.3. The Labute approximate surface area is 826 Å². The predicted octanol–water partition coefficient (Wildman–Crippen LogP) is 28.4. The number of aryl methyl sites for hydroxylation is 6. The molecular weight excluding hydrogens is 1950 g/mol. The average molecular weight is 2050 g/mol. The van der Waals surface area contributed by atoms with Crippen LogP contribution in [0.25, 0.3) is 99.9 Å². The quantitative estimate of drug-likeness (QED) is 0.118. The van der Waals surface area contributed by atoms with Gasteiger partial charge in [0.25, 0.3) is 0 Å². The first-order valence-corrected chi connectivity index (χ1v) is 47.0. The van der Waals surface area contributed by atoms with Crippen LogP contribution in [0.1, 0.15) is 184 Å². The molecule has 0 radical (unpaired) electrons. The normalized spacial score (nSPS) is 15.4. The topological polar surface area (TPSA) is 117 Å². The van der Waals surface area contributed by atoms with E-state index in [1.54, 1.807) is 0 Å². The summed E-state index contributed by atoms with van der Waals surface area (Å²) in [7, 11) is 0. The van der Waals surface area contributed by atoms with Gasteiger partial charge in [-0.1, -0.05) is 250 Å². The van der Waals surface area contributed by atoms with Crippen LogP contribution in [-0.4, -0.2) is 58.0 Å². The van der Waals surface area contributed by atoms with E-state index in [0.29, 0.717) is 0 Å². The van der Waals surface area contributed by atoms with E-state index in [4.69, 9.17) is 30.2 Å². The third-order valence-electron chi connectivity index (χ3n) is 30.5. The zero-order chi connectivity index (χ0) is 92.5. The van der Waals surface area contributed by atoms with Gasteiger partial charge in [0.05, 0.1) is 45.2 Å². The van der Waals surface area contributed by atoms with Crippen LogP contribution in [0.15, 0.2) is 286 Å². The number of anilines is 9. The van der Waals surface area contributed by atoms with Crippen molar-refractivity contribution in [3.05, 3.63) is 411 Å². The first-order valence-electron chi connectivity index (χ1n) is 47.0. The minimum Gasteiger partial charge on any atom is -0.358 e. The Balaban J connectivity index is 0.000000114. The SMILES string of the molecule is Cc1cc(C)n(-c2[c-]c(N3c4[c-]c5c(cc4C(C)(C)c4ccccc43)c3cccc4c3n5-c3ncccc3C4(C)C)ccc2)n1.Cc1cc(C)n(-c2[c-]c(N3c4[c-]c5c(cc4C(C)(C)c4ccccc43)c3cccc4c3n5-c3ncccc3C4(C)C)ccc2)n1.Cc1cc(C)n(-c2cccc(N3c4ccccc4C(C)(C)c4cc5c6cccc7c6n(c5cc43)-c3ncccc3C7(C)C)c2)n1.[Pd+2].[Pt+2]. The third kappa shape index (κ3) is 12.4. The standard InChI is InChI=1S/C40H35N5.2C40H33N5.Pd.Pt/c3*1-24-20-25(2)45(42-24)27-13-9-12-26(21-27)43-34-18-8-7-15-30(34)39(3,4)33-22-29-28-14-10-16-31-37(28)44(35(29)23-36(33)43)38-32(40(31,5)6)17-11-19-41-38;;/h7-23H,1-6H3;2*7-20,22H,1-6H3;;/q;2*-2;2*+2. The summed E-state index contributed by atoms with van der Waals surface area (Å²) in [6.07, 6.45) is 5.74. The Morgan fingerprint density at radius 1 is 0.248 bits per heavy atom. The van der Waals surface area contributed by atoms with Crippen LogP contribution in [-0.2, 0) is 74.0 Å². The second kappa shape index (κ2) is 30.7. The number of fused-ring (bicyclic) bond motifs is 21. The van der Waals surface area contributed by atoms with Crippen molar-refractivity contribution in [2.45, 2.75) is 157 Å². The molecule has 0 aliphatic carbocycles. The fourth-order valence-corrected chi connectivity index (χ4v) is 23.9. The van der Waals surface area contributed by atoms with E-state index in [2.05, 4.69) is 423 Å². The van der Waals surface area contributed by atoms with E-state index >= 15 is 0 Å². The molecule has 0 N–H and O–H groups in total. The number of pyridine rings is 3. The summed E-state index contributed by atoms with van der Waals surface area (Å²) >= 11 is 0. The summed E-state index contributed by atoms with van der Waals surface area (Å²) in [5.74, 6) is 2.99. The first-order chi connectivity index (χ1) is 65.0. The van der Waals surface area contributed by atoms with E-state index in [-0.39, 0.29) is 74.0 Å².